The molecule has 2 aliphatic rings. The van der Waals surface area contributed by atoms with E-state index in [2.05, 4.69) is 10.3 Å². The molecule has 9 nitrogen and oxygen atoms in total. The van der Waals surface area contributed by atoms with Gasteiger partial charge in [0.2, 0.25) is 0 Å². The quantitative estimate of drug-likeness (QED) is 0.164. The Bertz CT molecular complexity index is 1770. The number of nitrogens with zero attached hydrogens (tertiary/aromatic N) is 4. The Balaban J connectivity index is 1.12. The van der Waals surface area contributed by atoms with Gasteiger partial charge in [-0.25, -0.2) is 9.48 Å². The van der Waals surface area contributed by atoms with Crippen LogP contribution in [0, 0.1) is 0 Å². The lowest BCUT2D eigenvalue weighted by Crippen LogP contribution is -2.29. The smallest absolute Gasteiger partial charge is 0.356 e. The fraction of sp³-hybridized carbons (Fsp3) is 0.303. The Morgan fingerprint density at radius 2 is 1.80 bits per heavy atom. The Kier molecular flexibility index (Phi) is 8.72. The molecule has 0 unspecified atom stereocenters. The maximum absolute atomic E-state index is 11.5. The van der Waals surface area contributed by atoms with Gasteiger partial charge in [-0.3, -0.25) is 0 Å². The summed E-state index contributed by atoms with van der Waals surface area (Å²) in [4.78, 5) is 13.2. The van der Waals surface area contributed by atoms with Crippen LogP contribution < -0.4 is 9.64 Å². The van der Waals surface area contributed by atoms with Gasteiger partial charge in [0, 0.05) is 41.0 Å². The average Bonchev–Trinajstić information content (AvgIpc) is 3.59. The van der Waals surface area contributed by atoms with Crippen LogP contribution in [0.5, 0.6) is 5.75 Å². The van der Waals surface area contributed by atoms with Crippen LogP contribution in [-0.2, 0) is 13.0 Å². The van der Waals surface area contributed by atoms with E-state index >= 15 is 0 Å². The zero-order chi connectivity index (χ0) is 31.9. The molecule has 0 saturated heterocycles. The number of aromatic nitrogens is 3. The fourth-order valence-electron chi connectivity index (χ4n) is 5.26. The highest BCUT2D eigenvalue weighted by Crippen LogP contribution is 2.46. The van der Waals surface area contributed by atoms with Crippen LogP contribution in [-0.4, -0.2) is 36.7 Å². The number of anilines is 1. The van der Waals surface area contributed by atoms with E-state index in [1.165, 1.54) is 6.07 Å². The van der Waals surface area contributed by atoms with E-state index in [4.69, 9.17) is 44.1 Å². The van der Waals surface area contributed by atoms with Gasteiger partial charge in [0.25, 0.3) is 0 Å². The van der Waals surface area contributed by atoms with Gasteiger partial charge in [-0.1, -0.05) is 52.1 Å². The molecule has 0 radical (unpaired) electrons. The van der Waals surface area contributed by atoms with Gasteiger partial charge in [0.15, 0.2) is 5.69 Å². The van der Waals surface area contributed by atoms with Gasteiger partial charge in [-0.15, -0.1) is 0 Å². The molecule has 12 heteroatoms. The summed E-state index contributed by atoms with van der Waals surface area (Å²) >= 11 is 19.6. The molecule has 4 aromatic rings. The summed E-state index contributed by atoms with van der Waals surface area (Å²) in [7, 11) is 0. The summed E-state index contributed by atoms with van der Waals surface area (Å²) in [6.07, 6.45) is 9.72. The highest BCUT2D eigenvalue weighted by Gasteiger charge is 2.34. The SMILES string of the molecule is CC(C)n1nc(C(=O)O)cc1N1C=CC(O)(CCc2ccc(OCc3c(-c4c(Cl)cccc4Cl)noc3C3CC3)cc2Cl)C=C1. The first-order valence-electron chi connectivity index (χ1n) is 14.6. The predicted octanol–water partition coefficient (Wildman–Crippen LogP) is 8.45. The first kappa shape index (κ1) is 31.2. The summed E-state index contributed by atoms with van der Waals surface area (Å²) in [5.74, 6) is 1.17. The summed E-state index contributed by atoms with van der Waals surface area (Å²) in [5.41, 5.74) is 1.61. The molecular formula is C33H31Cl3N4O5. The summed E-state index contributed by atoms with van der Waals surface area (Å²) in [5, 5.41) is 30.6. The molecule has 1 aliphatic heterocycles. The number of ether oxygens (including phenoxy) is 1. The molecule has 3 heterocycles. The zero-order valence-electron chi connectivity index (χ0n) is 24.6. The van der Waals surface area contributed by atoms with Crippen molar-refractivity contribution < 1.29 is 24.3 Å². The van der Waals surface area contributed by atoms with E-state index in [0.717, 1.165) is 29.7 Å². The lowest BCUT2D eigenvalue weighted by Gasteiger charge is -2.28. The number of carboxylic acid groups (broad SMARTS) is 1. The number of aliphatic hydroxyl groups is 1. The standard InChI is InChI=1S/C33H31Cl3N4O5/c1-19(2)40-28(17-27(37-40)32(41)42)39-14-12-33(43,13-15-39)11-10-20-8-9-22(16-26(20)36)44-18-23-30(38-45-31(23)21-6-7-21)29-24(34)4-3-5-25(29)35/h3-5,8-9,12-17,19,21,43H,6-7,10-11,18H2,1-2H3,(H,41,42). The number of rotatable bonds is 11. The van der Waals surface area contributed by atoms with Crippen LogP contribution in [0.3, 0.4) is 0 Å². The van der Waals surface area contributed by atoms with Crippen LogP contribution in [0.25, 0.3) is 11.3 Å². The predicted molar refractivity (Wildman–Crippen MR) is 173 cm³/mol. The maximum Gasteiger partial charge on any atom is 0.356 e. The maximum atomic E-state index is 11.5. The first-order valence-corrected chi connectivity index (χ1v) is 15.7. The first-order chi connectivity index (χ1) is 21.5. The third-order valence-electron chi connectivity index (χ3n) is 7.91. The third kappa shape index (κ3) is 6.63. The van der Waals surface area contributed by atoms with Crippen molar-refractivity contribution in [2.45, 2.75) is 63.7 Å². The van der Waals surface area contributed by atoms with E-state index in [1.807, 2.05) is 26.0 Å². The average molecular weight is 670 g/mol. The number of carbonyl (C=O) groups is 1. The molecule has 2 N–H and O–H groups in total. The molecule has 0 bridgehead atoms. The third-order valence-corrected chi connectivity index (χ3v) is 8.89. The normalized spacial score (nSPS) is 15.7. The van der Waals surface area contributed by atoms with Gasteiger partial charge in [-0.05, 0) is 81.5 Å². The van der Waals surface area contributed by atoms with Gasteiger partial charge in [0.05, 0.1) is 15.6 Å². The molecule has 234 valence electrons. The van der Waals surface area contributed by atoms with E-state index in [-0.39, 0.29) is 18.3 Å². The minimum atomic E-state index is -1.21. The number of benzene rings is 2. The van der Waals surface area contributed by atoms with Gasteiger partial charge in [0.1, 0.15) is 35.2 Å². The lowest BCUT2D eigenvalue weighted by atomic mass is 9.93. The monoisotopic (exact) mass is 668 g/mol. The fourth-order valence-corrected chi connectivity index (χ4v) is 6.11. The number of hydrogen-bond acceptors (Lipinski definition) is 7. The molecule has 1 fully saturated rings. The second-order valence-corrected chi connectivity index (χ2v) is 12.8. The molecule has 6 rings (SSSR count). The highest BCUT2D eigenvalue weighted by atomic mass is 35.5. The van der Waals surface area contributed by atoms with Crippen LogP contribution in [0.1, 0.15) is 72.4 Å². The molecule has 0 spiro atoms. The van der Waals surface area contributed by atoms with Gasteiger partial charge in [-0.2, -0.15) is 5.10 Å². The summed E-state index contributed by atoms with van der Waals surface area (Å²) in [6, 6.07) is 12.3. The van der Waals surface area contributed by atoms with E-state index < -0.39 is 11.6 Å². The van der Waals surface area contributed by atoms with Crippen molar-refractivity contribution in [3.05, 3.63) is 105 Å². The number of aromatic carboxylic acids is 1. The highest BCUT2D eigenvalue weighted by molar-refractivity contribution is 6.39. The van der Waals surface area contributed by atoms with Gasteiger partial charge < -0.3 is 24.4 Å². The van der Waals surface area contributed by atoms with E-state index in [0.29, 0.717) is 56.7 Å². The lowest BCUT2D eigenvalue weighted by molar-refractivity contribution is 0.0689. The van der Waals surface area contributed by atoms with Crippen molar-refractivity contribution in [1.82, 2.24) is 14.9 Å². The Morgan fingerprint density at radius 3 is 2.42 bits per heavy atom. The second-order valence-electron chi connectivity index (χ2n) is 11.5. The van der Waals surface area contributed by atoms with Crippen LogP contribution >= 0.6 is 34.8 Å². The molecule has 2 aromatic carbocycles. The molecule has 0 amide bonds. The molecule has 1 saturated carbocycles. The van der Waals surface area contributed by atoms with Crippen molar-refractivity contribution in [2.24, 2.45) is 0 Å². The number of carboxylic acids is 1. The van der Waals surface area contributed by atoms with Crippen molar-refractivity contribution in [3.8, 4) is 17.0 Å². The molecule has 2 aromatic heterocycles. The molecule has 0 atom stereocenters. The Labute approximate surface area is 275 Å². The molecule has 1 aliphatic carbocycles. The summed E-state index contributed by atoms with van der Waals surface area (Å²) < 4.78 is 13.5. The van der Waals surface area contributed by atoms with Crippen molar-refractivity contribution in [3.63, 3.8) is 0 Å². The van der Waals surface area contributed by atoms with Crippen LogP contribution in [0.4, 0.5) is 5.82 Å². The Morgan fingerprint density at radius 1 is 1.09 bits per heavy atom. The molecule has 45 heavy (non-hydrogen) atoms. The Hall–Kier alpha value is -3.76. The van der Waals surface area contributed by atoms with Gasteiger partial charge >= 0.3 is 5.97 Å². The topological polar surface area (TPSA) is 114 Å². The summed E-state index contributed by atoms with van der Waals surface area (Å²) in [6.45, 7) is 4.05. The van der Waals surface area contributed by atoms with Crippen molar-refractivity contribution >= 4 is 46.6 Å². The minimum Gasteiger partial charge on any atom is -0.489 e. The number of halogens is 3. The van der Waals surface area contributed by atoms with E-state index in [1.54, 1.807) is 58.4 Å². The second kappa shape index (κ2) is 12.6. The van der Waals surface area contributed by atoms with E-state index in [9.17, 15) is 15.0 Å². The van der Waals surface area contributed by atoms with Crippen LogP contribution in [0.15, 0.2) is 71.5 Å². The largest absolute Gasteiger partial charge is 0.489 e. The minimum absolute atomic E-state index is 0.0429. The zero-order valence-corrected chi connectivity index (χ0v) is 26.9. The van der Waals surface area contributed by atoms with Crippen molar-refractivity contribution in [1.29, 1.82) is 0 Å². The number of aryl methyl sites for hydroxylation is 1. The molecular weight excluding hydrogens is 639 g/mol. The number of hydrogen-bond donors (Lipinski definition) is 2. The van der Waals surface area contributed by atoms with Crippen LogP contribution in [0.2, 0.25) is 15.1 Å². The van der Waals surface area contributed by atoms with Crippen molar-refractivity contribution in [2.75, 3.05) is 4.90 Å².